The van der Waals surface area contributed by atoms with E-state index in [0.717, 1.165) is 16.8 Å². The third-order valence-electron chi connectivity index (χ3n) is 3.06. The van der Waals surface area contributed by atoms with E-state index < -0.39 is 0 Å². The monoisotopic (exact) mass is 285 g/mol. The fourth-order valence-electron chi connectivity index (χ4n) is 1.97. The highest BCUT2D eigenvalue weighted by Crippen LogP contribution is 2.23. The van der Waals surface area contributed by atoms with E-state index in [9.17, 15) is 4.79 Å². The minimum absolute atomic E-state index is 0.0403. The summed E-state index contributed by atoms with van der Waals surface area (Å²) in [4.78, 5) is 18.6. The van der Waals surface area contributed by atoms with E-state index >= 15 is 0 Å². The Labute approximate surface area is 124 Å². The number of rotatable bonds is 5. The van der Waals surface area contributed by atoms with Crippen molar-refractivity contribution >= 4 is 17.8 Å². The normalized spacial score (nSPS) is 11.0. The lowest BCUT2D eigenvalue weighted by Gasteiger charge is -2.10. The van der Waals surface area contributed by atoms with E-state index in [1.807, 2.05) is 45.0 Å². The van der Waals surface area contributed by atoms with Gasteiger partial charge < -0.3 is 9.47 Å². The van der Waals surface area contributed by atoms with Crippen molar-refractivity contribution in [2.75, 3.05) is 14.1 Å². The van der Waals surface area contributed by atoms with Crippen molar-refractivity contribution in [3.63, 3.8) is 0 Å². The molecule has 6 heteroatoms. The van der Waals surface area contributed by atoms with E-state index in [-0.39, 0.29) is 12.3 Å². The molecular formula is C15H19N5O. The van der Waals surface area contributed by atoms with Crippen LogP contribution in [-0.4, -0.2) is 45.9 Å². The number of carbonyl (C=O) groups excluding carboxylic acids is 1. The molecular weight excluding hydrogens is 266 g/mol. The Kier molecular flexibility index (Phi) is 4.47. The summed E-state index contributed by atoms with van der Waals surface area (Å²) in [6, 6.07) is 3.83. The zero-order valence-electron chi connectivity index (χ0n) is 12.7. The number of benzene rings is 1. The van der Waals surface area contributed by atoms with Gasteiger partial charge in [0.2, 0.25) is 0 Å². The highest BCUT2D eigenvalue weighted by Gasteiger charge is 2.12. The topological polar surface area (TPSA) is 63.4 Å². The van der Waals surface area contributed by atoms with E-state index in [0.29, 0.717) is 5.56 Å². The van der Waals surface area contributed by atoms with Crippen LogP contribution >= 0.6 is 0 Å². The number of aromatic nitrogens is 3. The molecule has 0 fully saturated rings. The average molecular weight is 285 g/mol. The third kappa shape index (κ3) is 3.75. The number of carbonyl (C=O) groups is 1. The smallest absolute Gasteiger partial charge is 0.182 e. The number of ketones is 1. The van der Waals surface area contributed by atoms with Gasteiger partial charge in [0.25, 0.3) is 0 Å². The van der Waals surface area contributed by atoms with Gasteiger partial charge in [-0.3, -0.25) is 4.79 Å². The van der Waals surface area contributed by atoms with E-state index in [2.05, 4.69) is 15.2 Å². The molecule has 0 aliphatic rings. The molecule has 1 aromatic carbocycles. The quantitative estimate of drug-likeness (QED) is 0.479. The Bertz CT molecular complexity index is 659. The van der Waals surface area contributed by atoms with Crippen molar-refractivity contribution in [1.82, 2.24) is 19.7 Å². The molecule has 0 radical (unpaired) electrons. The number of hydrogen-bond acceptors (Lipinski definition) is 4. The SMILES string of the molecule is Cc1cc(C(=O)Cn2cnnc2)c(C)cc1/N=C\N(C)C. The first-order valence-corrected chi connectivity index (χ1v) is 6.65. The molecule has 6 nitrogen and oxygen atoms in total. The molecule has 2 aromatic rings. The summed E-state index contributed by atoms with van der Waals surface area (Å²) in [7, 11) is 3.84. The molecule has 1 aromatic heterocycles. The molecule has 0 unspecified atom stereocenters. The fraction of sp³-hybridized carbons (Fsp3) is 0.333. The van der Waals surface area contributed by atoms with E-state index in [4.69, 9.17) is 0 Å². The van der Waals surface area contributed by atoms with Crippen LogP contribution in [0.1, 0.15) is 21.5 Å². The first-order chi connectivity index (χ1) is 9.97. The van der Waals surface area contributed by atoms with Crippen molar-refractivity contribution < 1.29 is 4.79 Å². The average Bonchev–Trinajstić information content (AvgIpc) is 2.91. The van der Waals surface area contributed by atoms with Crippen molar-refractivity contribution in [2.24, 2.45) is 4.99 Å². The summed E-state index contributed by atoms with van der Waals surface area (Å²) < 4.78 is 1.66. The van der Waals surface area contributed by atoms with E-state index in [1.165, 1.54) is 12.7 Å². The van der Waals surface area contributed by atoms with Crippen LogP contribution in [0.2, 0.25) is 0 Å². The van der Waals surface area contributed by atoms with Gasteiger partial charge in [-0.15, -0.1) is 10.2 Å². The molecule has 0 saturated carbocycles. The lowest BCUT2D eigenvalue weighted by Crippen LogP contribution is -2.11. The number of aryl methyl sites for hydroxylation is 2. The molecule has 0 atom stereocenters. The molecule has 21 heavy (non-hydrogen) atoms. The molecule has 0 amide bonds. The van der Waals surface area contributed by atoms with Gasteiger partial charge in [-0.2, -0.15) is 0 Å². The van der Waals surface area contributed by atoms with Gasteiger partial charge in [0, 0.05) is 19.7 Å². The van der Waals surface area contributed by atoms with Crippen molar-refractivity contribution in [3.05, 3.63) is 41.5 Å². The van der Waals surface area contributed by atoms with Crippen LogP contribution in [0.5, 0.6) is 0 Å². The lowest BCUT2D eigenvalue weighted by atomic mass is 10.0. The number of hydrogen-bond donors (Lipinski definition) is 0. The minimum atomic E-state index is 0.0403. The number of nitrogens with zero attached hydrogens (tertiary/aromatic N) is 5. The van der Waals surface area contributed by atoms with Crippen LogP contribution in [0.3, 0.4) is 0 Å². The van der Waals surface area contributed by atoms with E-state index in [1.54, 1.807) is 10.9 Å². The Morgan fingerprint density at radius 2 is 1.90 bits per heavy atom. The summed E-state index contributed by atoms with van der Waals surface area (Å²) >= 11 is 0. The van der Waals surface area contributed by atoms with Crippen molar-refractivity contribution in [1.29, 1.82) is 0 Å². The third-order valence-corrected chi connectivity index (χ3v) is 3.06. The zero-order valence-corrected chi connectivity index (χ0v) is 12.7. The minimum Gasteiger partial charge on any atom is -0.369 e. The van der Waals surface area contributed by atoms with Crippen LogP contribution in [0.25, 0.3) is 0 Å². The predicted octanol–water partition coefficient (Wildman–Crippen LogP) is 2.00. The Morgan fingerprint density at radius 3 is 2.52 bits per heavy atom. The van der Waals surface area contributed by atoms with Crippen LogP contribution in [0, 0.1) is 13.8 Å². The van der Waals surface area contributed by atoms with Gasteiger partial charge in [0.1, 0.15) is 12.7 Å². The second kappa shape index (κ2) is 6.30. The highest BCUT2D eigenvalue weighted by molar-refractivity contribution is 5.98. The zero-order chi connectivity index (χ0) is 15.4. The maximum absolute atomic E-state index is 12.3. The van der Waals surface area contributed by atoms with Crippen LogP contribution < -0.4 is 0 Å². The molecule has 0 spiro atoms. The maximum atomic E-state index is 12.3. The molecule has 0 saturated heterocycles. The Balaban J connectivity index is 2.25. The summed E-state index contributed by atoms with van der Waals surface area (Å²) in [5.74, 6) is 0.0403. The van der Waals surface area contributed by atoms with Gasteiger partial charge in [-0.25, -0.2) is 4.99 Å². The molecule has 0 aliphatic carbocycles. The van der Waals surface area contributed by atoms with Crippen LogP contribution in [0.15, 0.2) is 29.8 Å². The number of Topliss-reactive ketones (excluding diaryl/α,β-unsaturated/α-hetero) is 1. The maximum Gasteiger partial charge on any atom is 0.182 e. The largest absolute Gasteiger partial charge is 0.369 e. The van der Waals surface area contributed by atoms with Crippen LogP contribution in [-0.2, 0) is 6.54 Å². The Hall–Kier alpha value is -2.50. The standard InChI is InChI=1S/C15H19N5O/c1-11-6-14(16-8-19(3)4)12(2)5-13(11)15(21)7-20-9-17-18-10-20/h5-6,8-10H,7H2,1-4H3/b16-8-. The van der Waals surface area contributed by atoms with Crippen molar-refractivity contribution in [3.8, 4) is 0 Å². The van der Waals surface area contributed by atoms with Crippen molar-refractivity contribution in [2.45, 2.75) is 20.4 Å². The second-order valence-electron chi connectivity index (χ2n) is 5.22. The van der Waals surface area contributed by atoms with Gasteiger partial charge >= 0.3 is 0 Å². The van der Waals surface area contributed by atoms with Gasteiger partial charge in [0.15, 0.2) is 5.78 Å². The van der Waals surface area contributed by atoms with Crippen LogP contribution in [0.4, 0.5) is 5.69 Å². The summed E-state index contributed by atoms with van der Waals surface area (Å²) in [5.41, 5.74) is 3.49. The predicted molar refractivity (Wildman–Crippen MR) is 82.1 cm³/mol. The van der Waals surface area contributed by atoms with Gasteiger partial charge in [0.05, 0.1) is 18.6 Å². The summed E-state index contributed by atoms with van der Waals surface area (Å²) in [5, 5.41) is 7.40. The lowest BCUT2D eigenvalue weighted by molar-refractivity contribution is 0.0971. The first-order valence-electron chi connectivity index (χ1n) is 6.65. The molecule has 0 bridgehead atoms. The van der Waals surface area contributed by atoms with Gasteiger partial charge in [-0.05, 0) is 37.1 Å². The molecule has 0 aliphatic heterocycles. The van der Waals surface area contributed by atoms with Gasteiger partial charge in [-0.1, -0.05) is 0 Å². The molecule has 0 N–H and O–H groups in total. The number of aliphatic imine (C=N–C) groups is 1. The fourth-order valence-corrected chi connectivity index (χ4v) is 1.97. The Morgan fingerprint density at radius 1 is 1.24 bits per heavy atom. The molecule has 110 valence electrons. The summed E-state index contributed by atoms with van der Waals surface area (Å²) in [6.07, 6.45) is 4.83. The highest BCUT2D eigenvalue weighted by atomic mass is 16.1. The molecule has 2 rings (SSSR count). The second-order valence-corrected chi connectivity index (χ2v) is 5.22. The first kappa shape index (κ1) is 14.9. The molecule has 1 heterocycles. The summed E-state index contributed by atoms with van der Waals surface area (Å²) in [6.45, 7) is 4.12.